The maximum Gasteiger partial charge on any atom is 0.261 e. The van der Waals surface area contributed by atoms with E-state index in [1.54, 1.807) is 18.2 Å². The molecule has 130 valence electrons. The van der Waals surface area contributed by atoms with Crippen molar-refractivity contribution in [2.45, 2.75) is 45.4 Å². The number of halogens is 1. The molecule has 1 N–H and O–H groups in total. The Morgan fingerprint density at radius 3 is 2.58 bits per heavy atom. The number of rotatable bonds is 9. The molecule has 0 spiro atoms. The fourth-order valence-corrected chi connectivity index (χ4v) is 3.09. The van der Waals surface area contributed by atoms with Gasteiger partial charge in [-0.3, -0.25) is 19.3 Å². The molecule has 1 aromatic rings. The Kier molecular flexibility index (Phi) is 6.97. The van der Waals surface area contributed by atoms with Crippen molar-refractivity contribution >= 4 is 33.7 Å². The minimum absolute atomic E-state index is 0.0224. The second-order valence-electron chi connectivity index (χ2n) is 5.97. The molecule has 1 heterocycles. The molecule has 1 aliphatic rings. The Morgan fingerprint density at radius 1 is 1.08 bits per heavy atom. The summed E-state index contributed by atoms with van der Waals surface area (Å²) in [6.07, 6.45) is 5.28. The molecular weight excluding hydrogens is 372 g/mol. The van der Waals surface area contributed by atoms with Gasteiger partial charge in [-0.05, 0) is 31.0 Å². The van der Waals surface area contributed by atoms with Gasteiger partial charge < -0.3 is 5.32 Å². The Morgan fingerprint density at radius 2 is 1.83 bits per heavy atom. The summed E-state index contributed by atoms with van der Waals surface area (Å²) in [6, 6.07) is 5.07. The van der Waals surface area contributed by atoms with E-state index in [1.165, 1.54) is 17.7 Å². The van der Waals surface area contributed by atoms with Crippen molar-refractivity contribution in [1.82, 2.24) is 10.2 Å². The third kappa shape index (κ3) is 4.66. The van der Waals surface area contributed by atoms with E-state index in [0.717, 1.165) is 17.3 Å². The number of carbonyl (C=O) groups excluding carboxylic acids is 3. The van der Waals surface area contributed by atoms with Crippen LogP contribution < -0.4 is 5.32 Å². The van der Waals surface area contributed by atoms with Gasteiger partial charge in [-0.1, -0.05) is 42.1 Å². The van der Waals surface area contributed by atoms with Crippen LogP contribution in [-0.2, 0) is 4.79 Å². The van der Waals surface area contributed by atoms with Gasteiger partial charge in [0.25, 0.3) is 11.8 Å². The first-order valence-corrected chi connectivity index (χ1v) is 9.26. The lowest BCUT2D eigenvalue weighted by Gasteiger charge is -2.13. The molecule has 3 amide bonds. The number of carbonyl (C=O) groups is 3. The summed E-state index contributed by atoms with van der Waals surface area (Å²) in [4.78, 5) is 37.5. The summed E-state index contributed by atoms with van der Waals surface area (Å²) >= 11 is 3.31. The number of benzene rings is 1. The average Bonchev–Trinajstić information content (AvgIpc) is 2.79. The van der Waals surface area contributed by atoms with E-state index in [4.69, 9.17) is 0 Å². The summed E-state index contributed by atoms with van der Waals surface area (Å²) in [6.45, 7) is 3.11. The van der Waals surface area contributed by atoms with E-state index in [0.29, 0.717) is 30.5 Å². The van der Waals surface area contributed by atoms with Gasteiger partial charge in [0.2, 0.25) is 5.91 Å². The molecule has 0 atom stereocenters. The zero-order chi connectivity index (χ0) is 17.5. The van der Waals surface area contributed by atoms with Gasteiger partial charge in [0, 0.05) is 24.0 Å². The zero-order valence-corrected chi connectivity index (χ0v) is 15.5. The van der Waals surface area contributed by atoms with Gasteiger partial charge in [-0.2, -0.15) is 0 Å². The van der Waals surface area contributed by atoms with Crippen molar-refractivity contribution in [3.8, 4) is 0 Å². The third-order valence-corrected chi connectivity index (χ3v) is 4.56. The van der Waals surface area contributed by atoms with Crippen LogP contribution in [0.15, 0.2) is 22.7 Å². The number of amides is 3. The molecule has 5 nitrogen and oxygen atoms in total. The summed E-state index contributed by atoms with van der Waals surface area (Å²) < 4.78 is 0.770. The fourth-order valence-electron chi connectivity index (χ4n) is 2.73. The first-order chi connectivity index (χ1) is 11.5. The highest BCUT2D eigenvalue weighted by molar-refractivity contribution is 9.10. The topological polar surface area (TPSA) is 66.5 Å². The number of unbranched alkanes of at least 4 members (excludes halogenated alkanes) is 3. The van der Waals surface area contributed by atoms with Crippen LogP contribution >= 0.6 is 15.9 Å². The lowest BCUT2D eigenvalue weighted by Crippen LogP contribution is -2.32. The number of nitrogens with one attached hydrogen (secondary N) is 1. The molecule has 0 radical (unpaired) electrons. The molecule has 0 aliphatic carbocycles. The Bertz CT molecular complexity index is 631. The maximum absolute atomic E-state index is 12.3. The molecule has 1 aromatic carbocycles. The van der Waals surface area contributed by atoms with E-state index in [2.05, 4.69) is 28.2 Å². The Labute approximate surface area is 150 Å². The Balaban J connectivity index is 1.74. The van der Waals surface area contributed by atoms with E-state index >= 15 is 0 Å². The Hall–Kier alpha value is -1.69. The molecule has 0 unspecified atom stereocenters. The summed E-state index contributed by atoms with van der Waals surface area (Å²) in [7, 11) is 0. The van der Waals surface area contributed by atoms with Gasteiger partial charge in [0.05, 0.1) is 11.1 Å². The first kappa shape index (κ1) is 18.6. The predicted molar refractivity (Wildman–Crippen MR) is 95.9 cm³/mol. The zero-order valence-electron chi connectivity index (χ0n) is 13.9. The van der Waals surface area contributed by atoms with Gasteiger partial charge in [-0.25, -0.2) is 0 Å². The van der Waals surface area contributed by atoms with Crippen LogP contribution in [0.2, 0.25) is 0 Å². The standard InChI is InChI=1S/C18H23BrN2O3/c1-2-3-4-5-10-20-16(22)7-6-11-21-17(23)14-9-8-13(19)12-15(14)18(21)24/h8-9,12H,2-7,10-11H2,1H3,(H,20,22). The maximum atomic E-state index is 12.3. The van der Waals surface area contributed by atoms with Crippen molar-refractivity contribution in [1.29, 1.82) is 0 Å². The van der Waals surface area contributed by atoms with Gasteiger partial charge in [-0.15, -0.1) is 0 Å². The van der Waals surface area contributed by atoms with E-state index < -0.39 is 0 Å². The van der Waals surface area contributed by atoms with Crippen molar-refractivity contribution in [3.63, 3.8) is 0 Å². The predicted octanol–water partition coefficient (Wildman–Crippen LogP) is 3.52. The SMILES string of the molecule is CCCCCCNC(=O)CCCN1C(=O)c2ccc(Br)cc2C1=O. The molecule has 0 saturated heterocycles. The quantitative estimate of drug-likeness (QED) is 0.514. The highest BCUT2D eigenvalue weighted by Crippen LogP contribution is 2.26. The van der Waals surface area contributed by atoms with Crippen LogP contribution in [0.5, 0.6) is 0 Å². The van der Waals surface area contributed by atoms with Crippen LogP contribution in [-0.4, -0.2) is 35.7 Å². The van der Waals surface area contributed by atoms with Gasteiger partial charge >= 0.3 is 0 Å². The fraction of sp³-hybridized carbons (Fsp3) is 0.500. The molecule has 24 heavy (non-hydrogen) atoms. The van der Waals surface area contributed by atoms with Crippen LogP contribution in [0.4, 0.5) is 0 Å². The highest BCUT2D eigenvalue weighted by Gasteiger charge is 2.35. The average molecular weight is 395 g/mol. The van der Waals surface area contributed by atoms with Crippen LogP contribution in [0, 0.1) is 0 Å². The largest absolute Gasteiger partial charge is 0.356 e. The second-order valence-corrected chi connectivity index (χ2v) is 6.88. The molecule has 0 fully saturated rings. The number of imide groups is 1. The normalized spacial score (nSPS) is 13.3. The van der Waals surface area contributed by atoms with Crippen LogP contribution in [0.25, 0.3) is 0 Å². The molecular formula is C18H23BrN2O3. The number of fused-ring (bicyclic) bond motifs is 1. The van der Waals surface area contributed by atoms with E-state index in [-0.39, 0.29) is 24.3 Å². The molecule has 0 bridgehead atoms. The highest BCUT2D eigenvalue weighted by atomic mass is 79.9. The second kappa shape index (κ2) is 8.97. The van der Waals surface area contributed by atoms with E-state index in [1.807, 2.05) is 0 Å². The van der Waals surface area contributed by atoms with E-state index in [9.17, 15) is 14.4 Å². The molecule has 0 aromatic heterocycles. The molecule has 6 heteroatoms. The summed E-state index contributed by atoms with van der Waals surface area (Å²) in [5.74, 6) is -0.579. The third-order valence-electron chi connectivity index (χ3n) is 4.07. The van der Waals surface area contributed by atoms with Crippen LogP contribution in [0.1, 0.15) is 66.2 Å². The van der Waals surface area contributed by atoms with Crippen molar-refractivity contribution in [2.75, 3.05) is 13.1 Å². The number of hydrogen-bond acceptors (Lipinski definition) is 3. The number of nitrogens with zero attached hydrogens (tertiary/aromatic N) is 1. The van der Waals surface area contributed by atoms with Crippen molar-refractivity contribution in [2.24, 2.45) is 0 Å². The smallest absolute Gasteiger partial charge is 0.261 e. The molecule has 0 saturated carbocycles. The van der Waals surface area contributed by atoms with Gasteiger partial charge in [0.15, 0.2) is 0 Å². The molecule has 2 rings (SSSR count). The lowest BCUT2D eigenvalue weighted by molar-refractivity contribution is -0.121. The summed E-state index contributed by atoms with van der Waals surface area (Å²) in [5, 5.41) is 2.88. The number of hydrogen-bond donors (Lipinski definition) is 1. The minimum atomic E-state index is -0.281. The minimum Gasteiger partial charge on any atom is -0.356 e. The molecule has 1 aliphatic heterocycles. The van der Waals surface area contributed by atoms with Crippen molar-refractivity contribution in [3.05, 3.63) is 33.8 Å². The van der Waals surface area contributed by atoms with Gasteiger partial charge in [0.1, 0.15) is 0 Å². The monoisotopic (exact) mass is 394 g/mol. The lowest BCUT2D eigenvalue weighted by atomic mass is 10.1. The first-order valence-electron chi connectivity index (χ1n) is 8.47. The van der Waals surface area contributed by atoms with Crippen molar-refractivity contribution < 1.29 is 14.4 Å². The van der Waals surface area contributed by atoms with Crippen LogP contribution in [0.3, 0.4) is 0 Å². The summed E-state index contributed by atoms with van der Waals surface area (Å²) in [5.41, 5.74) is 0.860.